The van der Waals surface area contributed by atoms with Crippen molar-refractivity contribution in [3.8, 4) is 0 Å². The Kier molecular flexibility index (Phi) is 3.47. The van der Waals surface area contributed by atoms with Crippen molar-refractivity contribution < 1.29 is 22.8 Å². The highest BCUT2D eigenvalue weighted by Crippen LogP contribution is 2.28. The summed E-state index contributed by atoms with van der Waals surface area (Å²) >= 11 is 0. The topological polar surface area (TPSA) is 53.0 Å². The van der Waals surface area contributed by atoms with E-state index < -0.39 is 23.7 Å². The molecular formula is C12H10F3N3O2. The molecular weight excluding hydrogens is 275 g/mol. The predicted octanol–water partition coefficient (Wildman–Crippen LogP) is 1.93. The van der Waals surface area contributed by atoms with Gasteiger partial charge in [-0.25, -0.2) is 4.79 Å². The molecule has 1 heterocycles. The van der Waals surface area contributed by atoms with E-state index in [2.05, 4.69) is 5.10 Å². The minimum Gasteiger partial charge on any atom is -0.316 e. The van der Waals surface area contributed by atoms with E-state index in [-0.39, 0.29) is 6.54 Å². The maximum atomic E-state index is 12.4. The Labute approximate surface area is 112 Å². The zero-order valence-electron chi connectivity index (χ0n) is 10.4. The first kappa shape index (κ1) is 14.0. The van der Waals surface area contributed by atoms with Crippen LogP contribution in [-0.4, -0.2) is 41.7 Å². The van der Waals surface area contributed by atoms with E-state index in [0.717, 1.165) is 18.3 Å². The summed E-state index contributed by atoms with van der Waals surface area (Å²) in [5.41, 5.74) is -0.420. The number of carbonyl (C=O) groups excluding carboxylic acids is 2. The normalized spacial score (nSPS) is 16.6. The van der Waals surface area contributed by atoms with Gasteiger partial charge in [0.15, 0.2) is 0 Å². The summed E-state index contributed by atoms with van der Waals surface area (Å²) in [5.74, 6) is -0.485. The van der Waals surface area contributed by atoms with Crippen molar-refractivity contribution >= 4 is 18.2 Å². The van der Waals surface area contributed by atoms with Crippen molar-refractivity contribution in [2.45, 2.75) is 6.18 Å². The number of urea groups is 1. The summed E-state index contributed by atoms with van der Waals surface area (Å²) in [7, 11) is 1.45. The first-order valence-electron chi connectivity index (χ1n) is 5.58. The van der Waals surface area contributed by atoms with Crippen molar-refractivity contribution in [1.82, 2.24) is 9.91 Å². The first-order valence-corrected chi connectivity index (χ1v) is 5.58. The van der Waals surface area contributed by atoms with Gasteiger partial charge in [0.1, 0.15) is 6.54 Å². The fourth-order valence-corrected chi connectivity index (χ4v) is 1.60. The molecule has 2 rings (SSSR count). The lowest BCUT2D eigenvalue weighted by molar-refractivity contribution is -0.137. The van der Waals surface area contributed by atoms with Crippen LogP contribution >= 0.6 is 0 Å². The third-order valence-corrected chi connectivity index (χ3v) is 2.68. The summed E-state index contributed by atoms with van der Waals surface area (Å²) in [6.45, 7) is -0.0663. The molecule has 0 aliphatic carbocycles. The van der Waals surface area contributed by atoms with Crippen LogP contribution in [0.25, 0.3) is 0 Å². The van der Waals surface area contributed by atoms with Crippen LogP contribution in [0.2, 0.25) is 0 Å². The molecule has 1 aromatic carbocycles. The van der Waals surface area contributed by atoms with E-state index in [4.69, 9.17) is 0 Å². The molecule has 0 radical (unpaired) electrons. The maximum absolute atomic E-state index is 12.4. The number of carbonyl (C=O) groups is 2. The van der Waals surface area contributed by atoms with E-state index in [1.807, 2.05) is 0 Å². The standard InChI is InChI=1S/C12H10F3N3O2/c1-17-7-10(19)18(11(17)20)16-6-8-2-4-9(5-3-8)12(13,14)15/h2-6H,7H2,1H3/b16-6+. The second kappa shape index (κ2) is 4.95. The molecule has 8 heteroatoms. The highest BCUT2D eigenvalue weighted by Gasteiger charge is 2.33. The van der Waals surface area contributed by atoms with Gasteiger partial charge < -0.3 is 4.90 Å². The van der Waals surface area contributed by atoms with Crippen LogP contribution in [0.5, 0.6) is 0 Å². The van der Waals surface area contributed by atoms with Crippen LogP contribution in [0.3, 0.4) is 0 Å². The van der Waals surface area contributed by atoms with Crippen LogP contribution in [-0.2, 0) is 11.0 Å². The number of imide groups is 1. The minimum absolute atomic E-state index is 0.0663. The summed E-state index contributed by atoms with van der Waals surface area (Å²) in [5, 5.41) is 4.36. The second-order valence-electron chi connectivity index (χ2n) is 4.21. The van der Waals surface area contributed by atoms with Crippen LogP contribution in [0.15, 0.2) is 29.4 Å². The van der Waals surface area contributed by atoms with E-state index in [1.54, 1.807) is 0 Å². The van der Waals surface area contributed by atoms with Gasteiger partial charge in [-0.1, -0.05) is 12.1 Å². The lowest BCUT2D eigenvalue weighted by Crippen LogP contribution is -2.26. The van der Waals surface area contributed by atoms with E-state index >= 15 is 0 Å². The summed E-state index contributed by atoms with van der Waals surface area (Å²) in [6, 6.07) is 3.66. The van der Waals surface area contributed by atoms with Gasteiger partial charge >= 0.3 is 12.2 Å². The van der Waals surface area contributed by atoms with Gasteiger partial charge in [-0.05, 0) is 17.7 Å². The Bertz CT molecular complexity index is 566. The molecule has 1 aliphatic heterocycles. The number of likely N-dealkylation sites (N-methyl/N-ethyl adjacent to an activating group) is 1. The van der Waals surface area contributed by atoms with Crippen LogP contribution in [0, 0.1) is 0 Å². The molecule has 1 aromatic rings. The number of rotatable bonds is 2. The molecule has 0 atom stereocenters. The molecule has 0 N–H and O–H groups in total. The number of benzene rings is 1. The van der Waals surface area contributed by atoms with Gasteiger partial charge in [0.25, 0.3) is 5.91 Å². The largest absolute Gasteiger partial charge is 0.416 e. The molecule has 0 spiro atoms. The number of nitrogens with zero attached hydrogens (tertiary/aromatic N) is 3. The minimum atomic E-state index is -4.40. The molecule has 1 aliphatic rings. The molecule has 5 nitrogen and oxygen atoms in total. The average Bonchev–Trinajstić information content (AvgIpc) is 2.61. The SMILES string of the molecule is CN1CC(=O)N(/N=C/c2ccc(C(F)(F)F)cc2)C1=O. The summed E-state index contributed by atoms with van der Waals surface area (Å²) < 4.78 is 37.1. The lowest BCUT2D eigenvalue weighted by atomic mass is 10.1. The van der Waals surface area contributed by atoms with Crippen molar-refractivity contribution in [3.05, 3.63) is 35.4 Å². The average molecular weight is 285 g/mol. The van der Waals surface area contributed by atoms with Crippen LogP contribution in [0.4, 0.5) is 18.0 Å². The fraction of sp³-hybridized carbons (Fsp3) is 0.250. The number of alkyl halides is 3. The predicted molar refractivity (Wildman–Crippen MR) is 63.9 cm³/mol. The third-order valence-electron chi connectivity index (χ3n) is 2.68. The van der Waals surface area contributed by atoms with E-state index in [9.17, 15) is 22.8 Å². The number of hydrazone groups is 1. The lowest BCUT2D eigenvalue weighted by Gasteiger charge is -2.08. The molecule has 1 saturated heterocycles. The van der Waals surface area contributed by atoms with E-state index in [1.165, 1.54) is 24.1 Å². The van der Waals surface area contributed by atoms with Crippen molar-refractivity contribution in [2.75, 3.05) is 13.6 Å². The molecule has 0 unspecified atom stereocenters. The van der Waals surface area contributed by atoms with Crippen molar-refractivity contribution in [1.29, 1.82) is 0 Å². The highest BCUT2D eigenvalue weighted by molar-refractivity contribution is 6.02. The van der Waals surface area contributed by atoms with Crippen LogP contribution < -0.4 is 0 Å². The Morgan fingerprint density at radius 1 is 1.20 bits per heavy atom. The molecule has 0 saturated carbocycles. The van der Waals surface area contributed by atoms with Gasteiger partial charge in [0.2, 0.25) is 0 Å². The molecule has 0 bridgehead atoms. The van der Waals surface area contributed by atoms with Crippen molar-refractivity contribution in [3.63, 3.8) is 0 Å². The van der Waals surface area contributed by atoms with Crippen molar-refractivity contribution in [2.24, 2.45) is 5.10 Å². The fourth-order valence-electron chi connectivity index (χ4n) is 1.60. The Balaban J connectivity index is 2.13. The van der Waals surface area contributed by atoms with Gasteiger partial charge in [-0.3, -0.25) is 4.79 Å². The molecule has 3 amide bonds. The zero-order valence-corrected chi connectivity index (χ0v) is 10.4. The Morgan fingerprint density at radius 3 is 2.25 bits per heavy atom. The maximum Gasteiger partial charge on any atom is 0.416 e. The molecule has 0 aromatic heterocycles. The highest BCUT2D eigenvalue weighted by atomic mass is 19.4. The Morgan fingerprint density at radius 2 is 1.80 bits per heavy atom. The number of halogens is 3. The smallest absolute Gasteiger partial charge is 0.316 e. The Hall–Kier alpha value is -2.38. The summed E-state index contributed by atoms with van der Waals surface area (Å²) in [4.78, 5) is 24.1. The molecule has 1 fully saturated rings. The molecule has 20 heavy (non-hydrogen) atoms. The summed E-state index contributed by atoms with van der Waals surface area (Å²) in [6.07, 6.45) is -3.24. The zero-order chi connectivity index (χ0) is 14.9. The quantitative estimate of drug-likeness (QED) is 0.616. The van der Waals surface area contributed by atoms with Crippen LogP contribution in [0.1, 0.15) is 11.1 Å². The second-order valence-corrected chi connectivity index (χ2v) is 4.21. The first-order chi connectivity index (χ1) is 9.29. The van der Waals surface area contributed by atoms with E-state index in [0.29, 0.717) is 10.6 Å². The number of amides is 3. The number of hydrogen-bond acceptors (Lipinski definition) is 3. The third kappa shape index (κ3) is 2.79. The van der Waals surface area contributed by atoms with Gasteiger partial charge in [-0.2, -0.15) is 18.3 Å². The molecule has 106 valence electrons. The van der Waals surface area contributed by atoms with Gasteiger partial charge in [0.05, 0.1) is 11.8 Å². The van der Waals surface area contributed by atoms with Gasteiger partial charge in [-0.15, -0.1) is 5.01 Å². The number of hydrogen-bond donors (Lipinski definition) is 0. The monoisotopic (exact) mass is 285 g/mol. The van der Waals surface area contributed by atoms with Gasteiger partial charge in [0, 0.05) is 7.05 Å².